The van der Waals surface area contributed by atoms with Gasteiger partial charge in [0.15, 0.2) is 5.65 Å². The monoisotopic (exact) mass is 370 g/mol. The van der Waals surface area contributed by atoms with Crippen LogP contribution in [-0.4, -0.2) is 20.4 Å². The van der Waals surface area contributed by atoms with Crippen LogP contribution >= 0.6 is 11.6 Å². The van der Waals surface area contributed by atoms with Crippen LogP contribution in [0.3, 0.4) is 0 Å². The summed E-state index contributed by atoms with van der Waals surface area (Å²) in [6, 6.07) is 9.65. The normalized spacial score (nSPS) is 11.8. The molecule has 0 aliphatic heterocycles. The van der Waals surface area contributed by atoms with E-state index in [0.717, 1.165) is 28.2 Å². The second-order valence-electron chi connectivity index (χ2n) is 7.54. The van der Waals surface area contributed by atoms with Crippen molar-refractivity contribution in [3.8, 4) is 0 Å². The van der Waals surface area contributed by atoms with Crippen LogP contribution < -0.4 is 5.32 Å². The molecule has 1 amide bonds. The number of rotatable bonds is 3. The molecule has 0 bridgehead atoms. The summed E-state index contributed by atoms with van der Waals surface area (Å²) in [6.45, 7) is 10.2. The first-order valence-electron chi connectivity index (χ1n) is 8.55. The van der Waals surface area contributed by atoms with Gasteiger partial charge in [-0.1, -0.05) is 44.5 Å². The average Bonchev–Trinajstić information content (AvgIpc) is 2.84. The summed E-state index contributed by atoms with van der Waals surface area (Å²) >= 11 is 5.97. The first-order chi connectivity index (χ1) is 12.1. The molecule has 0 spiro atoms. The predicted molar refractivity (Wildman–Crippen MR) is 106 cm³/mol. The maximum atomic E-state index is 12.3. The zero-order chi connectivity index (χ0) is 19.1. The maximum absolute atomic E-state index is 12.3. The Morgan fingerprint density at radius 2 is 1.81 bits per heavy atom. The van der Waals surface area contributed by atoms with E-state index in [9.17, 15) is 4.79 Å². The Morgan fingerprint density at radius 1 is 1.15 bits per heavy atom. The topological polar surface area (TPSA) is 59.8 Å². The molecule has 0 unspecified atom stereocenters. The van der Waals surface area contributed by atoms with E-state index in [0.29, 0.717) is 17.3 Å². The van der Waals surface area contributed by atoms with Gasteiger partial charge < -0.3 is 9.88 Å². The van der Waals surface area contributed by atoms with E-state index >= 15 is 0 Å². The number of nitrogens with one attached hydrogen (secondary N) is 1. The van der Waals surface area contributed by atoms with E-state index < -0.39 is 5.41 Å². The third kappa shape index (κ3) is 3.73. The van der Waals surface area contributed by atoms with Crippen LogP contribution in [0.15, 0.2) is 30.3 Å². The fourth-order valence-electron chi connectivity index (χ4n) is 2.65. The minimum Gasteiger partial charge on any atom is -0.324 e. The van der Waals surface area contributed by atoms with E-state index in [2.05, 4.69) is 14.9 Å². The van der Waals surface area contributed by atoms with Gasteiger partial charge in [0.2, 0.25) is 5.91 Å². The van der Waals surface area contributed by atoms with Gasteiger partial charge >= 0.3 is 0 Å². The van der Waals surface area contributed by atoms with Crippen LogP contribution in [0.5, 0.6) is 0 Å². The van der Waals surface area contributed by atoms with Crippen molar-refractivity contribution in [2.75, 3.05) is 5.32 Å². The number of aromatic nitrogens is 3. The number of hydrogen-bond donors (Lipinski definition) is 1. The van der Waals surface area contributed by atoms with Crippen molar-refractivity contribution < 1.29 is 4.79 Å². The molecular weight excluding hydrogens is 348 g/mol. The number of nitrogens with zero attached hydrogens (tertiary/aromatic N) is 3. The third-order valence-electron chi connectivity index (χ3n) is 4.29. The van der Waals surface area contributed by atoms with Crippen LogP contribution in [0.2, 0.25) is 5.02 Å². The van der Waals surface area contributed by atoms with Gasteiger partial charge in [0.05, 0.1) is 17.9 Å². The number of imidazole rings is 1. The van der Waals surface area contributed by atoms with Crippen molar-refractivity contribution in [2.24, 2.45) is 5.41 Å². The number of pyridine rings is 1. The zero-order valence-electron chi connectivity index (χ0n) is 15.7. The number of halogens is 1. The van der Waals surface area contributed by atoms with Gasteiger partial charge in [-0.2, -0.15) is 0 Å². The van der Waals surface area contributed by atoms with Crippen LogP contribution in [0, 0.1) is 19.3 Å². The van der Waals surface area contributed by atoms with Gasteiger partial charge in [-0.15, -0.1) is 0 Å². The summed E-state index contributed by atoms with van der Waals surface area (Å²) in [7, 11) is 0. The number of carbonyl (C=O) groups is 1. The van der Waals surface area contributed by atoms with Gasteiger partial charge in [-0.05, 0) is 37.6 Å². The molecule has 1 aromatic carbocycles. The smallest absolute Gasteiger partial charge is 0.229 e. The molecule has 0 saturated carbocycles. The van der Waals surface area contributed by atoms with E-state index in [1.807, 2.05) is 65.0 Å². The number of hydrogen-bond acceptors (Lipinski definition) is 3. The number of carbonyl (C=O) groups excluding carboxylic acids is 1. The van der Waals surface area contributed by atoms with Crippen molar-refractivity contribution in [3.05, 3.63) is 52.4 Å². The fraction of sp³-hybridized carbons (Fsp3) is 0.350. The number of amides is 1. The Labute approximate surface area is 158 Å². The highest BCUT2D eigenvalue weighted by Gasteiger charge is 2.22. The summed E-state index contributed by atoms with van der Waals surface area (Å²) in [5.41, 5.74) is 3.71. The summed E-state index contributed by atoms with van der Waals surface area (Å²) in [5.74, 6) is 0.834. The maximum Gasteiger partial charge on any atom is 0.229 e. The van der Waals surface area contributed by atoms with E-state index in [-0.39, 0.29) is 5.91 Å². The first kappa shape index (κ1) is 18.4. The Bertz CT molecular complexity index is 968. The molecule has 1 N–H and O–H groups in total. The Kier molecular flexibility index (Phi) is 4.76. The molecule has 2 heterocycles. The standard InChI is InChI=1S/C20H23ClN4O/c1-12-16(24-19(26)20(3,4)5)10-17-18(22-12)25(13(2)23-17)11-14-6-8-15(21)9-7-14/h6-10H,11H2,1-5H3,(H,24,26). The molecule has 3 rings (SSSR count). The highest BCUT2D eigenvalue weighted by molar-refractivity contribution is 6.30. The lowest BCUT2D eigenvalue weighted by atomic mass is 9.95. The minimum absolute atomic E-state index is 0.0425. The van der Waals surface area contributed by atoms with Crippen molar-refractivity contribution in [3.63, 3.8) is 0 Å². The van der Waals surface area contributed by atoms with E-state index in [4.69, 9.17) is 16.6 Å². The number of fused-ring (bicyclic) bond motifs is 1. The highest BCUT2D eigenvalue weighted by atomic mass is 35.5. The van der Waals surface area contributed by atoms with Gasteiger partial charge in [0.25, 0.3) is 0 Å². The molecule has 136 valence electrons. The van der Waals surface area contributed by atoms with E-state index in [1.54, 1.807) is 0 Å². The molecular formula is C20H23ClN4O. The second-order valence-corrected chi connectivity index (χ2v) is 7.98. The van der Waals surface area contributed by atoms with E-state index in [1.165, 1.54) is 0 Å². The molecule has 3 aromatic rings. The van der Waals surface area contributed by atoms with Gasteiger partial charge in [-0.3, -0.25) is 4.79 Å². The molecule has 0 fully saturated rings. The van der Waals surface area contributed by atoms with Crippen molar-refractivity contribution in [1.82, 2.24) is 14.5 Å². The molecule has 0 aliphatic rings. The summed E-state index contributed by atoms with van der Waals surface area (Å²) in [4.78, 5) is 21.6. The van der Waals surface area contributed by atoms with Crippen molar-refractivity contribution in [1.29, 1.82) is 0 Å². The zero-order valence-corrected chi connectivity index (χ0v) is 16.5. The van der Waals surface area contributed by atoms with Crippen molar-refractivity contribution in [2.45, 2.75) is 41.2 Å². The average molecular weight is 371 g/mol. The lowest BCUT2D eigenvalue weighted by Gasteiger charge is -2.18. The Morgan fingerprint density at radius 3 is 2.42 bits per heavy atom. The van der Waals surface area contributed by atoms with Crippen LogP contribution in [-0.2, 0) is 11.3 Å². The summed E-state index contributed by atoms with van der Waals surface area (Å²) in [5, 5.41) is 3.68. The van der Waals surface area contributed by atoms with Gasteiger partial charge in [0.1, 0.15) is 11.3 Å². The van der Waals surface area contributed by atoms with Crippen LogP contribution in [0.25, 0.3) is 11.2 Å². The molecule has 0 saturated heterocycles. The highest BCUT2D eigenvalue weighted by Crippen LogP contribution is 2.24. The summed E-state index contributed by atoms with van der Waals surface area (Å²) in [6.07, 6.45) is 0. The number of aryl methyl sites for hydroxylation is 2. The predicted octanol–water partition coefficient (Wildman–Crippen LogP) is 4.73. The van der Waals surface area contributed by atoms with Crippen molar-refractivity contribution >= 4 is 34.4 Å². The third-order valence-corrected chi connectivity index (χ3v) is 4.54. The van der Waals surface area contributed by atoms with Crippen LogP contribution in [0.1, 0.15) is 37.9 Å². The second kappa shape index (κ2) is 6.72. The molecule has 5 nitrogen and oxygen atoms in total. The lowest BCUT2D eigenvalue weighted by molar-refractivity contribution is -0.123. The molecule has 2 aromatic heterocycles. The van der Waals surface area contributed by atoms with Crippen LogP contribution in [0.4, 0.5) is 5.69 Å². The SMILES string of the molecule is Cc1nc2c(cc1NC(=O)C(C)(C)C)nc(C)n2Cc1ccc(Cl)cc1. The van der Waals surface area contributed by atoms with Gasteiger partial charge in [-0.25, -0.2) is 9.97 Å². The Hall–Kier alpha value is -2.40. The van der Waals surface area contributed by atoms with Gasteiger partial charge in [0, 0.05) is 10.4 Å². The molecule has 0 radical (unpaired) electrons. The Balaban J connectivity index is 1.97. The molecule has 6 heteroatoms. The molecule has 0 aliphatic carbocycles. The fourth-order valence-corrected chi connectivity index (χ4v) is 2.77. The summed E-state index contributed by atoms with van der Waals surface area (Å²) < 4.78 is 2.07. The largest absolute Gasteiger partial charge is 0.324 e. The molecule has 0 atom stereocenters. The minimum atomic E-state index is -0.467. The number of anilines is 1. The molecule has 26 heavy (non-hydrogen) atoms. The first-order valence-corrected chi connectivity index (χ1v) is 8.93. The quantitative estimate of drug-likeness (QED) is 0.724. The lowest BCUT2D eigenvalue weighted by Crippen LogP contribution is -2.28. The number of benzene rings is 1.